The highest BCUT2D eigenvalue weighted by Crippen LogP contribution is 2.25. The van der Waals surface area contributed by atoms with Crippen LogP contribution in [0.3, 0.4) is 0 Å². The van der Waals surface area contributed by atoms with E-state index in [-0.39, 0.29) is 22.8 Å². The molecule has 1 saturated heterocycles. The Morgan fingerprint density at radius 2 is 1.92 bits per heavy atom. The molecular formula is C18H23ClFNO3. The first kappa shape index (κ1) is 18.7. The lowest BCUT2D eigenvalue weighted by Gasteiger charge is -2.33. The fraction of sp³-hybridized carbons (Fsp3) is 0.556. The van der Waals surface area contributed by atoms with Crippen LogP contribution < -0.4 is 0 Å². The topological polar surface area (TPSA) is 46.6 Å². The van der Waals surface area contributed by atoms with E-state index in [4.69, 9.17) is 16.3 Å². The summed E-state index contributed by atoms with van der Waals surface area (Å²) in [6.07, 6.45) is 1.51. The number of carbonyl (C=O) groups excluding carboxylic acids is 2. The Morgan fingerprint density at radius 3 is 2.46 bits per heavy atom. The van der Waals surface area contributed by atoms with Gasteiger partial charge in [0, 0.05) is 25.1 Å². The van der Waals surface area contributed by atoms with Crippen molar-refractivity contribution < 1.29 is 18.7 Å². The van der Waals surface area contributed by atoms with E-state index in [2.05, 4.69) is 0 Å². The van der Waals surface area contributed by atoms with Crippen molar-refractivity contribution >= 4 is 23.5 Å². The second-order valence-electron chi connectivity index (χ2n) is 7.17. The smallest absolute Gasteiger partial charge is 0.410 e. The SMILES string of the molecule is CC(C)(C)OC(=O)N1CCC(CC(=O)c2ccc(Cl)c(F)c2)CC1. The van der Waals surface area contributed by atoms with Gasteiger partial charge in [0.25, 0.3) is 0 Å². The first-order valence-corrected chi connectivity index (χ1v) is 8.49. The molecule has 132 valence electrons. The van der Waals surface area contributed by atoms with Gasteiger partial charge in [0.2, 0.25) is 0 Å². The van der Waals surface area contributed by atoms with Crippen molar-refractivity contribution in [1.29, 1.82) is 0 Å². The number of likely N-dealkylation sites (tertiary alicyclic amines) is 1. The van der Waals surface area contributed by atoms with Gasteiger partial charge < -0.3 is 9.64 Å². The Morgan fingerprint density at radius 1 is 1.29 bits per heavy atom. The molecule has 0 atom stereocenters. The molecular weight excluding hydrogens is 333 g/mol. The lowest BCUT2D eigenvalue weighted by atomic mass is 9.90. The average Bonchev–Trinajstić information content (AvgIpc) is 2.49. The number of piperidine rings is 1. The van der Waals surface area contributed by atoms with Gasteiger partial charge in [-0.3, -0.25) is 4.79 Å². The van der Waals surface area contributed by atoms with Crippen LogP contribution in [0.25, 0.3) is 0 Å². The van der Waals surface area contributed by atoms with Gasteiger partial charge >= 0.3 is 6.09 Å². The van der Waals surface area contributed by atoms with Crippen LogP contribution in [0, 0.1) is 11.7 Å². The minimum Gasteiger partial charge on any atom is -0.444 e. The Bertz CT molecular complexity index is 619. The third kappa shape index (κ3) is 5.20. The highest BCUT2D eigenvalue weighted by molar-refractivity contribution is 6.30. The van der Waals surface area contributed by atoms with Crippen LogP contribution in [-0.4, -0.2) is 35.5 Å². The first-order valence-electron chi connectivity index (χ1n) is 8.12. The van der Waals surface area contributed by atoms with E-state index in [1.807, 2.05) is 20.8 Å². The second kappa shape index (κ2) is 7.51. The number of carbonyl (C=O) groups is 2. The molecule has 0 spiro atoms. The van der Waals surface area contributed by atoms with Crippen molar-refractivity contribution in [3.8, 4) is 0 Å². The third-order valence-electron chi connectivity index (χ3n) is 3.98. The Hall–Kier alpha value is -1.62. The molecule has 0 radical (unpaired) electrons. The van der Waals surface area contributed by atoms with Gasteiger partial charge in [0.05, 0.1) is 5.02 Å². The molecule has 1 fully saturated rings. The second-order valence-corrected chi connectivity index (χ2v) is 7.57. The molecule has 0 unspecified atom stereocenters. The van der Waals surface area contributed by atoms with Crippen molar-refractivity contribution in [2.24, 2.45) is 5.92 Å². The number of hydrogen-bond acceptors (Lipinski definition) is 3. The lowest BCUT2D eigenvalue weighted by molar-refractivity contribution is 0.0183. The van der Waals surface area contributed by atoms with Crippen molar-refractivity contribution in [3.63, 3.8) is 0 Å². The van der Waals surface area contributed by atoms with E-state index in [1.54, 1.807) is 11.0 Å². The zero-order valence-corrected chi connectivity index (χ0v) is 15.0. The fourth-order valence-corrected chi connectivity index (χ4v) is 2.81. The van der Waals surface area contributed by atoms with Crippen molar-refractivity contribution in [2.75, 3.05) is 13.1 Å². The summed E-state index contributed by atoms with van der Waals surface area (Å²) < 4.78 is 18.8. The van der Waals surface area contributed by atoms with Crippen LogP contribution in [0.1, 0.15) is 50.4 Å². The number of benzene rings is 1. The van der Waals surface area contributed by atoms with Gasteiger partial charge in [-0.05, 0) is 57.7 Å². The van der Waals surface area contributed by atoms with E-state index in [9.17, 15) is 14.0 Å². The predicted molar refractivity (Wildman–Crippen MR) is 90.9 cm³/mol. The van der Waals surface area contributed by atoms with Crippen molar-refractivity contribution in [1.82, 2.24) is 4.90 Å². The summed E-state index contributed by atoms with van der Waals surface area (Å²) >= 11 is 5.63. The summed E-state index contributed by atoms with van der Waals surface area (Å²) in [6.45, 7) is 6.65. The normalized spacial score (nSPS) is 16.1. The van der Waals surface area contributed by atoms with Crippen LogP contribution in [0.15, 0.2) is 18.2 Å². The Labute approximate surface area is 146 Å². The number of Topliss-reactive ketones (excluding diaryl/α,β-unsaturated/α-hetero) is 1. The summed E-state index contributed by atoms with van der Waals surface area (Å²) in [7, 11) is 0. The first-order chi connectivity index (χ1) is 11.2. The number of nitrogens with zero attached hydrogens (tertiary/aromatic N) is 1. The number of halogens is 2. The maximum Gasteiger partial charge on any atom is 0.410 e. The largest absolute Gasteiger partial charge is 0.444 e. The van der Waals surface area contributed by atoms with Crippen LogP contribution in [0.5, 0.6) is 0 Å². The van der Waals surface area contributed by atoms with E-state index in [1.165, 1.54) is 12.1 Å². The highest BCUT2D eigenvalue weighted by atomic mass is 35.5. The zero-order chi connectivity index (χ0) is 17.9. The molecule has 0 aliphatic carbocycles. The Balaban J connectivity index is 1.85. The summed E-state index contributed by atoms with van der Waals surface area (Å²) in [4.78, 5) is 26.0. The minimum atomic E-state index is -0.581. The van der Waals surface area contributed by atoms with Gasteiger partial charge in [-0.25, -0.2) is 9.18 Å². The molecule has 1 heterocycles. The van der Waals surface area contributed by atoms with Gasteiger partial charge in [-0.1, -0.05) is 11.6 Å². The van der Waals surface area contributed by atoms with Gasteiger partial charge in [-0.2, -0.15) is 0 Å². The van der Waals surface area contributed by atoms with Gasteiger partial charge in [0.1, 0.15) is 11.4 Å². The summed E-state index contributed by atoms with van der Waals surface area (Å²) in [6, 6.07) is 4.12. The summed E-state index contributed by atoms with van der Waals surface area (Å²) in [5.74, 6) is -0.488. The number of rotatable bonds is 3. The third-order valence-corrected chi connectivity index (χ3v) is 4.29. The molecule has 0 N–H and O–H groups in total. The molecule has 1 amide bonds. The minimum absolute atomic E-state index is 0.0113. The zero-order valence-electron chi connectivity index (χ0n) is 14.3. The van der Waals surface area contributed by atoms with E-state index in [0.717, 1.165) is 12.8 Å². The quantitative estimate of drug-likeness (QED) is 0.738. The lowest BCUT2D eigenvalue weighted by Crippen LogP contribution is -2.42. The molecule has 2 rings (SSSR count). The highest BCUT2D eigenvalue weighted by Gasteiger charge is 2.28. The molecule has 0 saturated carbocycles. The molecule has 0 bridgehead atoms. The molecule has 1 aliphatic rings. The van der Waals surface area contributed by atoms with Gasteiger partial charge in [-0.15, -0.1) is 0 Å². The summed E-state index contributed by atoms with van der Waals surface area (Å²) in [5.41, 5.74) is -0.172. The van der Waals surface area contributed by atoms with E-state index in [0.29, 0.717) is 25.1 Å². The number of hydrogen-bond donors (Lipinski definition) is 0. The predicted octanol–water partition coefficient (Wildman–Crippen LogP) is 4.70. The van der Waals surface area contributed by atoms with E-state index >= 15 is 0 Å². The van der Waals surface area contributed by atoms with Crippen LogP contribution in [0.2, 0.25) is 5.02 Å². The number of ketones is 1. The maximum atomic E-state index is 13.5. The number of amides is 1. The molecule has 4 nitrogen and oxygen atoms in total. The monoisotopic (exact) mass is 355 g/mol. The molecule has 24 heavy (non-hydrogen) atoms. The molecule has 6 heteroatoms. The summed E-state index contributed by atoms with van der Waals surface area (Å²) in [5, 5.41) is 0.0113. The maximum absolute atomic E-state index is 13.5. The number of ether oxygens (including phenoxy) is 1. The Kier molecular flexibility index (Phi) is 5.86. The fourth-order valence-electron chi connectivity index (χ4n) is 2.70. The van der Waals surface area contributed by atoms with Crippen molar-refractivity contribution in [2.45, 2.75) is 45.6 Å². The van der Waals surface area contributed by atoms with Gasteiger partial charge in [0.15, 0.2) is 5.78 Å². The molecule has 1 aromatic carbocycles. The molecule has 0 aromatic heterocycles. The van der Waals surface area contributed by atoms with Crippen molar-refractivity contribution in [3.05, 3.63) is 34.6 Å². The van der Waals surface area contributed by atoms with Crippen LogP contribution >= 0.6 is 11.6 Å². The van der Waals surface area contributed by atoms with Crippen LogP contribution in [0.4, 0.5) is 9.18 Å². The van der Waals surface area contributed by atoms with Crippen LogP contribution in [-0.2, 0) is 4.74 Å². The average molecular weight is 356 g/mol. The van der Waals surface area contributed by atoms with E-state index < -0.39 is 11.4 Å². The molecule has 1 aromatic rings. The standard InChI is InChI=1S/C18H23ClFNO3/c1-18(2,3)24-17(23)21-8-6-12(7-9-21)10-16(22)13-4-5-14(19)15(20)11-13/h4-5,11-12H,6-10H2,1-3H3. The molecule has 1 aliphatic heterocycles.